The van der Waals surface area contributed by atoms with Gasteiger partial charge in [-0.3, -0.25) is 24.7 Å². The van der Waals surface area contributed by atoms with Crippen LogP contribution in [0.2, 0.25) is 0 Å². The van der Waals surface area contributed by atoms with Gasteiger partial charge in [0.2, 0.25) is 0 Å². The monoisotopic (exact) mass is 496 g/mol. The number of amides is 1. The molecule has 3 aromatic rings. The highest BCUT2D eigenvalue weighted by atomic mass is 32.1. The fourth-order valence-electron chi connectivity index (χ4n) is 3.84. The highest BCUT2D eigenvalue weighted by Crippen LogP contribution is 2.32. The number of rotatable bonds is 10. The van der Waals surface area contributed by atoms with E-state index in [9.17, 15) is 14.9 Å². The van der Waals surface area contributed by atoms with Crippen molar-refractivity contribution in [2.75, 3.05) is 50.9 Å². The summed E-state index contributed by atoms with van der Waals surface area (Å²) in [6, 6.07) is 11.9. The summed E-state index contributed by atoms with van der Waals surface area (Å²) in [5.41, 5.74) is 1.38. The number of thiazole rings is 1. The van der Waals surface area contributed by atoms with E-state index in [4.69, 9.17) is 14.5 Å². The molecule has 1 fully saturated rings. The van der Waals surface area contributed by atoms with Gasteiger partial charge in [0.05, 0.1) is 35.0 Å². The molecular formula is C25H28N4O5S. The van der Waals surface area contributed by atoms with Gasteiger partial charge in [0, 0.05) is 44.4 Å². The number of carbonyl (C=O) groups excluding carboxylic acids is 1. The summed E-state index contributed by atoms with van der Waals surface area (Å²) in [5.74, 6) is 0.550. The van der Waals surface area contributed by atoms with Crippen molar-refractivity contribution in [2.45, 2.75) is 13.3 Å². The molecule has 2 heterocycles. The molecule has 1 amide bonds. The summed E-state index contributed by atoms with van der Waals surface area (Å²) in [5, 5.41) is 11.7. The molecule has 10 heteroatoms. The second-order valence-electron chi connectivity index (χ2n) is 8.04. The van der Waals surface area contributed by atoms with E-state index in [-0.39, 0.29) is 11.6 Å². The Morgan fingerprint density at radius 1 is 1.29 bits per heavy atom. The third-order valence-electron chi connectivity index (χ3n) is 5.62. The van der Waals surface area contributed by atoms with Crippen molar-refractivity contribution in [3.63, 3.8) is 0 Å². The smallest absolute Gasteiger partial charge is 0.270 e. The molecule has 0 unspecified atom stereocenters. The summed E-state index contributed by atoms with van der Waals surface area (Å²) in [7, 11) is 0. The Bertz CT molecular complexity index is 1210. The highest BCUT2D eigenvalue weighted by molar-refractivity contribution is 7.22. The van der Waals surface area contributed by atoms with Crippen molar-refractivity contribution in [3.8, 4) is 5.75 Å². The number of nitrogens with zero attached hydrogens (tertiary/aromatic N) is 4. The average Bonchev–Trinajstić information content (AvgIpc) is 3.29. The molecule has 1 saturated heterocycles. The van der Waals surface area contributed by atoms with E-state index in [2.05, 4.69) is 4.90 Å². The van der Waals surface area contributed by atoms with Crippen LogP contribution in [0.25, 0.3) is 16.3 Å². The zero-order valence-electron chi connectivity index (χ0n) is 19.6. The fraction of sp³-hybridized carbons (Fsp3) is 0.360. The minimum atomic E-state index is -0.450. The Morgan fingerprint density at radius 2 is 2.11 bits per heavy atom. The van der Waals surface area contributed by atoms with Crippen LogP contribution < -0.4 is 9.64 Å². The summed E-state index contributed by atoms with van der Waals surface area (Å²) in [6.07, 6.45) is 3.84. The van der Waals surface area contributed by atoms with Crippen LogP contribution >= 0.6 is 11.3 Å². The van der Waals surface area contributed by atoms with Crippen molar-refractivity contribution < 1.29 is 19.2 Å². The molecule has 35 heavy (non-hydrogen) atoms. The Morgan fingerprint density at radius 3 is 2.89 bits per heavy atom. The molecule has 0 atom stereocenters. The van der Waals surface area contributed by atoms with Crippen molar-refractivity contribution in [2.24, 2.45) is 0 Å². The topological polar surface area (TPSA) is 98.0 Å². The molecule has 0 saturated carbocycles. The predicted molar refractivity (Wildman–Crippen MR) is 137 cm³/mol. The van der Waals surface area contributed by atoms with Gasteiger partial charge in [-0.15, -0.1) is 0 Å². The van der Waals surface area contributed by atoms with E-state index in [1.165, 1.54) is 29.5 Å². The van der Waals surface area contributed by atoms with Crippen LogP contribution in [0.15, 0.2) is 48.5 Å². The number of anilines is 1. The number of carbonyl (C=O) groups is 1. The van der Waals surface area contributed by atoms with E-state index in [1.54, 1.807) is 23.1 Å². The van der Waals surface area contributed by atoms with Gasteiger partial charge in [0.25, 0.3) is 11.6 Å². The quantitative estimate of drug-likeness (QED) is 0.233. The first-order valence-corrected chi connectivity index (χ1v) is 12.4. The molecule has 9 nitrogen and oxygen atoms in total. The molecule has 0 N–H and O–H groups in total. The maximum absolute atomic E-state index is 13.3. The summed E-state index contributed by atoms with van der Waals surface area (Å²) in [6.45, 7) is 7.12. The second-order valence-corrected chi connectivity index (χ2v) is 9.05. The van der Waals surface area contributed by atoms with E-state index >= 15 is 0 Å². The zero-order chi connectivity index (χ0) is 24.6. The molecule has 1 aliphatic heterocycles. The van der Waals surface area contributed by atoms with Crippen molar-refractivity contribution in [3.05, 3.63) is 64.2 Å². The number of hydrogen-bond donors (Lipinski definition) is 0. The van der Waals surface area contributed by atoms with Gasteiger partial charge in [-0.1, -0.05) is 23.5 Å². The second kappa shape index (κ2) is 11.9. The van der Waals surface area contributed by atoms with Gasteiger partial charge in [-0.05, 0) is 43.2 Å². The van der Waals surface area contributed by atoms with Gasteiger partial charge < -0.3 is 9.47 Å². The number of aromatic nitrogens is 1. The number of nitro benzene ring substituents is 1. The third kappa shape index (κ3) is 6.62. The summed E-state index contributed by atoms with van der Waals surface area (Å²) < 4.78 is 12.0. The molecule has 0 radical (unpaired) electrons. The lowest BCUT2D eigenvalue weighted by Gasteiger charge is -2.27. The van der Waals surface area contributed by atoms with Gasteiger partial charge in [-0.25, -0.2) is 4.98 Å². The highest BCUT2D eigenvalue weighted by Gasteiger charge is 2.19. The number of ether oxygens (including phenoxy) is 2. The van der Waals surface area contributed by atoms with Crippen LogP contribution in [-0.2, 0) is 9.53 Å². The van der Waals surface area contributed by atoms with Gasteiger partial charge >= 0.3 is 0 Å². The minimum Gasteiger partial charge on any atom is -0.494 e. The largest absolute Gasteiger partial charge is 0.494 e. The first-order valence-electron chi connectivity index (χ1n) is 11.6. The van der Waals surface area contributed by atoms with E-state index in [0.717, 1.165) is 55.2 Å². The standard InChI is InChI=1S/C25H28N4O5S/c1-2-34-21-8-9-22-23(18-21)35-25(26-22)28(12-4-11-27-13-15-33-16-14-27)24(30)10-7-19-5-3-6-20(17-19)29(31)32/h3,5-10,17-18H,2,4,11-16H2,1H3/b10-7+. The molecule has 0 aliphatic carbocycles. The number of nitro groups is 1. The number of hydrogen-bond acceptors (Lipinski definition) is 8. The minimum absolute atomic E-state index is 0.0155. The van der Waals surface area contributed by atoms with Crippen molar-refractivity contribution in [1.29, 1.82) is 0 Å². The molecule has 1 aromatic heterocycles. The van der Waals surface area contributed by atoms with Gasteiger partial charge in [0.1, 0.15) is 5.75 Å². The SMILES string of the molecule is CCOc1ccc2nc(N(CCCN3CCOCC3)C(=O)/C=C/c3cccc([N+](=O)[O-])c3)sc2c1. The maximum atomic E-state index is 13.3. The van der Waals surface area contributed by atoms with Crippen LogP contribution in [0.1, 0.15) is 18.9 Å². The van der Waals surface area contributed by atoms with Crippen LogP contribution in [0.4, 0.5) is 10.8 Å². The molecule has 184 valence electrons. The third-order valence-corrected chi connectivity index (χ3v) is 6.66. The van der Waals surface area contributed by atoms with Crippen LogP contribution in [-0.4, -0.2) is 66.7 Å². The Hall–Kier alpha value is -3.34. The molecule has 4 rings (SSSR count). The normalized spacial score (nSPS) is 14.4. The van der Waals surface area contributed by atoms with Crippen molar-refractivity contribution in [1.82, 2.24) is 9.88 Å². The van der Waals surface area contributed by atoms with Crippen LogP contribution in [0, 0.1) is 10.1 Å². The van der Waals surface area contributed by atoms with Gasteiger partial charge in [-0.2, -0.15) is 0 Å². The zero-order valence-corrected chi connectivity index (χ0v) is 20.4. The lowest BCUT2D eigenvalue weighted by molar-refractivity contribution is -0.384. The van der Waals surface area contributed by atoms with Crippen LogP contribution in [0.3, 0.4) is 0 Å². The lowest BCUT2D eigenvalue weighted by Crippen LogP contribution is -2.39. The van der Waals surface area contributed by atoms with E-state index < -0.39 is 4.92 Å². The van der Waals surface area contributed by atoms with E-state index in [0.29, 0.717) is 23.8 Å². The van der Waals surface area contributed by atoms with Crippen LogP contribution in [0.5, 0.6) is 5.75 Å². The number of non-ortho nitro benzene ring substituents is 1. The molecule has 1 aliphatic rings. The Balaban J connectivity index is 1.54. The average molecular weight is 497 g/mol. The number of morpholine rings is 1. The van der Waals surface area contributed by atoms with Crippen molar-refractivity contribution >= 4 is 44.4 Å². The first kappa shape index (κ1) is 24.8. The predicted octanol–water partition coefficient (Wildman–Crippen LogP) is 4.37. The van der Waals surface area contributed by atoms with E-state index in [1.807, 2.05) is 25.1 Å². The molecular weight excluding hydrogens is 468 g/mol. The number of fused-ring (bicyclic) bond motifs is 1. The summed E-state index contributed by atoms with van der Waals surface area (Å²) in [4.78, 5) is 32.6. The first-order chi connectivity index (χ1) is 17.0. The fourth-order valence-corrected chi connectivity index (χ4v) is 4.87. The Kier molecular flexibility index (Phi) is 8.40. The lowest BCUT2D eigenvalue weighted by atomic mass is 10.2. The number of benzene rings is 2. The molecule has 0 spiro atoms. The van der Waals surface area contributed by atoms with Gasteiger partial charge in [0.15, 0.2) is 5.13 Å². The molecule has 2 aromatic carbocycles. The molecule has 0 bridgehead atoms. The summed E-state index contributed by atoms with van der Waals surface area (Å²) >= 11 is 1.44. The maximum Gasteiger partial charge on any atom is 0.270 e. The Labute approximate surface area is 207 Å².